The molecule has 0 saturated carbocycles. The first-order valence-electron chi connectivity index (χ1n) is 5.07. The van der Waals surface area contributed by atoms with E-state index in [0.717, 1.165) is 5.56 Å². The number of rotatable bonds is 2. The van der Waals surface area contributed by atoms with Gasteiger partial charge in [0.25, 0.3) is 5.91 Å². The van der Waals surface area contributed by atoms with Crippen LogP contribution in [0.25, 0.3) is 0 Å². The van der Waals surface area contributed by atoms with Crippen molar-refractivity contribution in [3.05, 3.63) is 34.9 Å². The highest BCUT2D eigenvalue weighted by atomic mass is 16.2. The Morgan fingerprint density at radius 1 is 1.47 bits per heavy atom. The lowest BCUT2D eigenvalue weighted by atomic mass is 10.0. The van der Waals surface area contributed by atoms with Crippen LogP contribution in [0.5, 0.6) is 0 Å². The second kappa shape index (κ2) is 3.50. The Balaban J connectivity index is 2.55. The molecule has 0 N–H and O–H groups in total. The van der Waals surface area contributed by atoms with Crippen molar-refractivity contribution >= 4 is 11.7 Å². The van der Waals surface area contributed by atoms with Crippen LogP contribution in [0.1, 0.15) is 40.1 Å². The fourth-order valence-electron chi connectivity index (χ4n) is 1.97. The van der Waals surface area contributed by atoms with Crippen molar-refractivity contribution in [3.8, 4) is 0 Å². The molecular formula is C12H13NO2. The SMILES string of the molecule is CCN1Cc2cccc(C(C)=O)c2C1=O. The van der Waals surface area contributed by atoms with E-state index < -0.39 is 0 Å². The van der Waals surface area contributed by atoms with Crippen molar-refractivity contribution in [1.82, 2.24) is 4.90 Å². The molecule has 0 radical (unpaired) electrons. The van der Waals surface area contributed by atoms with E-state index in [9.17, 15) is 9.59 Å². The van der Waals surface area contributed by atoms with Crippen LogP contribution in [0.2, 0.25) is 0 Å². The first-order chi connectivity index (χ1) is 7.15. The Morgan fingerprint density at radius 3 is 2.80 bits per heavy atom. The number of carbonyl (C=O) groups excluding carboxylic acids is 2. The molecule has 1 amide bonds. The minimum absolute atomic E-state index is 0.0155. The largest absolute Gasteiger partial charge is 0.335 e. The predicted molar refractivity (Wildman–Crippen MR) is 56.9 cm³/mol. The Labute approximate surface area is 88.7 Å². The van der Waals surface area contributed by atoms with Crippen molar-refractivity contribution in [2.75, 3.05) is 6.54 Å². The molecule has 1 heterocycles. The second-order valence-corrected chi connectivity index (χ2v) is 3.72. The molecule has 1 aromatic rings. The summed E-state index contributed by atoms with van der Waals surface area (Å²) < 4.78 is 0. The van der Waals surface area contributed by atoms with Crippen molar-refractivity contribution in [2.24, 2.45) is 0 Å². The minimum Gasteiger partial charge on any atom is -0.335 e. The quantitative estimate of drug-likeness (QED) is 0.688. The molecular weight excluding hydrogens is 190 g/mol. The molecule has 0 saturated heterocycles. The monoisotopic (exact) mass is 203 g/mol. The van der Waals surface area contributed by atoms with Gasteiger partial charge in [-0.3, -0.25) is 9.59 Å². The summed E-state index contributed by atoms with van der Waals surface area (Å²) >= 11 is 0. The maximum absolute atomic E-state index is 11.9. The number of ketones is 1. The maximum atomic E-state index is 11.9. The summed E-state index contributed by atoms with van der Waals surface area (Å²) in [5.41, 5.74) is 2.12. The summed E-state index contributed by atoms with van der Waals surface area (Å²) in [4.78, 5) is 25.0. The van der Waals surface area contributed by atoms with Gasteiger partial charge in [0.1, 0.15) is 0 Å². The van der Waals surface area contributed by atoms with Gasteiger partial charge in [-0.25, -0.2) is 0 Å². The van der Waals surface area contributed by atoms with Crippen LogP contribution >= 0.6 is 0 Å². The number of benzene rings is 1. The first-order valence-corrected chi connectivity index (χ1v) is 5.07. The molecule has 3 heteroatoms. The zero-order valence-electron chi connectivity index (χ0n) is 8.91. The van der Waals surface area contributed by atoms with E-state index in [1.165, 1.54) is 6.92 Å². The number of amides is 1. The van der Waals surface area contributed by atoms with Crippen LogP contribution in [0.4, 0.5) is 0 Å². The Hall–Kier alpha value is -1.64. The van der Waals surface area contributed by atoms with E-state index in [1.807, 2.05) is 19.1 Å². The number of nitrogens with zero attached hydrogens (tertiary/aromatic N) is 1. The van der Waals surface area contributed by atoms with E-state index in [0.29, 0.717) is 24.2 Å². The van der Waals surface area contributed by atoms with E-state index >= 15 is 0 Å². The van der Waals surface area contributed by atoms with Crippen molar-refractivity contribution < 1.29 is 9.59 Å². The third kappa shape index (κ3) is 1.44. The van der Waals surface area contributed by atoms with Crippen molar-refractivity contribution in [1.29, 1.82) is 0 Å². The average molecular weight is 203 g/mol. The smallest absolute Gasteiger partial charge is 0.255 e. The average Bonchev–Trinajstić information content (AvgIpc) is 2.55. The van der Waals surface area contributed by atoms with Gasteiger partial charge < -0.3 is 4.90 Å². The molecule has 1 aromatic carbocycles. The molecule has 15 heavy (non-hydrogen) atoms. The summed E-state index contributed by atoms with van der Waals surface area (Å²) in [6, 6.07) is 5.47. The molecule has 0 spiro atoms. The topological polar surface area (TPSA) is 37.4 Å². The van der Waals surface area contributed by atoms with Crippen LogP contribution in [0.15, 0.2) is 18.2 Å². The fraction of sp³-hybridized carbons (Fsp3) is 0.333. The molecule has 2 rings (SSSR count). The third-order valence-electron chi connectivity index (χ3n) is 2.77. The number of carbonyl (C=O) groups is 2. The minimum atomic E-state index is -0.0434. The molecule has 0 bridgehead atoms. The number of hydrogen-bond acceptors (Lipinski definition) is 2. The van der Waals surface area contributed by atoms with Crippen molar-refractivity contribution in [2.45, 2.75) is 20.4 Å². The summed E-state index contributed by atoms with van der Waals surface area (Å²) in [6.45, 7) is 4.76. The fourth-order valence-corrected chi connectivity index (χ4v) is 1.97. The van der Waals surface area contributed by atoms with Gasteiger partial charge >= 0.3 is 0 Å². The third-order valence-corrected chi connectivity index (χ3v) is 2.77. The summed E-state index contributed by atoms with van der Waals surface area (Å²) in [7, 11) is 0. The van der Waals surface area contributed by atoms with Gasteiger partial charge in [-0.05, 0) is 19.4 Å². The summed E-state index contributed by atoms with van der Waals surface area (Å²) in [6.07, 6.45) is 0. The van der Waals surface area contributed by atoms with E-state index in [4.69, 9.17) is 0 Å². The molecule has 78 valence electrons. The Kier molecular flexibility index (Phi) is 2.31. The highest BCUT2D eigenvalue weighted by Gasteiger charge is 2.29. The van der Waals surface area contributed by atoms with Gasteiger partial charge in [-0.2, -0.15) is 0 Å². The highest BCUT2D eigenvalue weighted by molar-refractivity contribution is 6.09. The number of fused-ring (bicyclic) bond motifs is 1. The Morgan fingerprint density at radius 2 is 2.20 bits per heavy atom. The lowest BCUT2D eigenvalue weighted by Crippen LogP contribution is -2.23. The molecule has 0 aromatic heterocycles. The maximum Gasteiger partial charge on any atom is 0.255 e. The van der Waals surface area contributed by atoms with Crippen LogP contribution < -0.4 is 0 Å². The number of hydrogen-bond donors (Lipinski definition) is 0. The van der Waals surface area contributed by atoms with Gasteiger partial charge in [0.15, 0.2) is 5.78 Å². The van der Waals surface area contributed by atoms with Crippen LogP contribution in [0.3, 0.4) is 0 Å². The number of Topliss-reactive ketones (excluding diaryl/α,β-unsaturated/α-hetero) is 1. The van der Waals surface area contributed by atoms with Crippen LogP contribution in [0, 0.1) is 0 Å². The lowest BCUT2D eigenvalue weighted by Gasteiger charge is -2.11. The highest BCUT2D eigenvalue weighted by Crippen LogP contribution is 2.25. The van der Waals surface area contributed by atoms with E-state index in [2.05, 4.69) is 0 Å². The normalized spacial score (nSPS) is 14.3. The summed E-state index contributed by atoms with van der Waals surface area (Å²) in [5.74, 6) is -0.0588. The molecule has 0 atom stereocenters. The van der Waals surface area contributed by atoms with Crippen LogP contribution in [-0.4, -0.2) is 23.1 Å². The standard InChI is InChI=1S/C12H13NO2/c1-3-13-7-9-5-4-6-10(8(2)14)11(9)12(13)15/h4-6H,3,7H2,1-2H3. The van der Waals surface area contributed by atoms with Gasteiger partial charge in [-0.1, -0.05) is 18.2 Å². The van der Waals surface area contributed by atoms with Gasteiger partial charge in [-0.15, -0.1) is 0 Å². The lowest BCUT2D eigenvalue weighted by molar-refractivity contribution is 0.0783. The van der Waals surface area contributed by atoms with Crippen molar-refractivity contribution in [3.63, 3.8) is 0 Å². The molecule has 0 aliphatic carbocycles. The summed E-state index contributed by atoms with van der Waals surface area (Å²) in [5, 5.41) is 0. The molecule has 0 unspecified atom stereocenters. The zero-order chi connectivity index (χ0) is 11.0. The Bertz CT molecular complexity index is 437. The molecule has 1 aliphatic rings. The molecule has 1 aliphatic heterocycles. The van der Waals surface area contributed by atoms with Gasteiger partial charge in [0, 0.05) is 18.7 Å². The zero-order valence-corrected chi connectivity index (χ0v) is 8.91. The second-order valence-electron chi connectivity index (χ2n) is 3.72. The van der Waals surface area contributed by atoms with Gasteiger partial charge in [0.2, 0.25) is 0 Å². The molecule has 0 fully saturated rings. The van der Waals surface area contributed by atoms with E-state index in [1.54, 1.807) is 11.0 Å². The predicted octanol–water partition coefficient (Wildman–Crippen LogP) is 1.86. The van der Waals surface area contributed by atoms with Crippen LogP contribution in [-0.2, 0) is 6.54 Å². The van der Waals surface area contributed by atoms with Gasteiger partial charge in [0.05, 0.1) is 5.56 Å². The molecule has 3 nitrogen and oxygen atoms in total. The van der Waals surface area contributed by atoms with E-state index in [-0.39, 0.29) is 11.7 Å². The first kappa shape index (κ1) is 9.90.